The molecular formula is C29H28F3N5O2S. The first-order valence-electron chi connectivity index (χ1n) is 12.9. The predicted molar refractivity (Wildman–Crippen MR) is 151 cm³/mol. The fraction of sp³-hybridized carbons (Fsp3) is 0.276. The molecule has 0 aliphatic carbocycles. The number of rotatable bonds is 9. The van der Waals surface area contributed by atoms with Crippen LogP contribution in [0.15, 0.2) is 65.7 Å². The van der Waals surface area contributed by atoms with E-state index in [2.05, 4.69) is 20.5 Å². The third kappa shape index (κ3) is 7.29. The zero-order valence-electron chi connectivity index (χ0n) is 21.6. The molecule has 5 rings (SSSR count). The molecule has 0 saturated carbocycles. The van der Waals surface area contributed by atoms with Crippen molar-refractivity contribution < 1.29 is 22.7 Å². The Bertz CT molecular complexity index is 1480. The van der Waals surface area contributed by atoms with Gasteiger partial charge in [0.15, 0.2) is 0 Å². The van der Waals surface area contributed by atoms with Crippen LogP contribution in [0, 0.1) is 0 Å². The molecule has 2 aromatic carbocycles. The Morgan fingerprint density at radius 2 is 1.95 bits per heavy atom. The van der Waals surface area contributed by atoms with E-state index in [1.54, 1.807) is 6.20 Å². The molecule has 1 saturated heterocycles. The molecule has 7 nitrogen and oxygen atoms in total. The number of thioether (sulfide) groups is 1. The number of hydrogen-bond acceptors (Lipinski definition) is 6. The van der Waals surface area contributed by atoms with Gasteiger partial charge in [0, 0.05) is 54.0 Å². The van der Waals surface area contributed by atoms with Gasteiger partial charge in [-0.05, 0) is 60.2 Å². The summed E-state index contributed by atoms with van der Waals surface area (Å²) in [5.74, 6) is 0.130. The number of nitrogens with one attached hydrogen (secondary N) is 2. The number of aromatic amines is 1. The maximum atomic E-state index is 13.8. The molecule has 2 N–H and O–H groups in total. The van der Waals surface area contributed by atoms with Crippen LogP contribution in [0.5, 0.6) is 0 Å². The molecular weight excluding hydrogens is 539 g/mol. The van der Waals surface area contributed by atoms with Gasteiger partial charge in [-0.15, -0.1) is 11.8 Å². The summed E-state index contributed by atoms with van der Waals surface area (Å²) in [6.07, 6.45) is 1.16. The third-order valence-electron chi connectivity index (χ3n) is 6.46. The van der Waals surface area contributed by atoms with Gasteiger partial charge >= 0.3 is 6.18 Å². The first-order chi connectivity index (χ1) is 19.3. The minimum atomic E-state index is -4.52. The number of benzene rings is 2. The van der Waals surface area contributed by atoms with Crippen molar-refractivity contribution in [3.05, 3.63) is 83.3 Å². The van der Waals surface area contributed by atoms with Crippen LogP contribution in [-0.2, 0) is 22.3 Å². The topological polar surface area (TPSA) is 83.1 Å². The summed E-state index contributed by atoms with van der Waals surface area (Å²) >= 11 is 1.49. The molecule has 1 aliphatic heterocycles. The standard InChI is InChI=1S/C29H28F3N5O2S/c30-29(31,32)25-17-22(5-4-20(25)19-37-12-14-39-15-13-37)34-28(38)10-16-40-23-7-8-24-26(35-36-27(24)18-23)9-6-21-3-1-2-11-33-21/h1-9,11,17-18H,10,12-16,19H2,(H,34,38)(H,35,36). The van der Waals surface area contributed by atoms with E-state index in [1.165, 1.54) is 23.9 Å². The van der Waals surface area contributed by atoms with Crippen molar-refractivity contribution in [3.63, 3.8) is 0 Å². The number of ether oxygens (including phenoxy) is 1. The van der Waals surface area contributed by atoms with Gasteiger partial charge in [-0.3, -0.25) is 19.8 Å². The minimum absolute atomic E-state index is 0.137. The average Bonchev–Trinajstić information content (AvgIpc) is 3.35. The number of carbonyl (C=O) groups excluding carboxylic acids is 1. The van der Waals surface area contributed by atoms with E-state index in [1.807, 2.05) is 53.5 Å². The molecule has 0 atom stereocenters. The van der Waals surface area contributed by atoms with E-state index in [-0.39, 0.29) is 30.1 Å². The second-order valence-corrected chi connectivity index (χ2v) is 10.5. The molecule has 40 heavy (non-hydrogen) atoms. The summed E-state index contributed by atoms with van der Waals surface area (Å²) in [4.78, 5) is 19.7. The van der Waals surface area contributed by atoms with E-state index < -0.39 is 11.7 Å². The zero-order valence-corrected chi connectivity index (χ0v) is 22.4. The van der Waals surface area contributed by atoms with E-state index >= 15 is 0 Å². The van der Waals surface area contributed by atoms with Gasteiger partial charge in [0.2, 0.25) is 5.91 Å². The Morgan fingerprint density at radius 1 is 1.10 bits per heavy atom. The van der Waals surface area contributed by atoms with Crippen molar-refractivity contribution in [2.75, 3.05) is 37.4 Å². The van der Waals surface area contributed by atoms with Crippen molar-refractivity contribution in [1.82, 2.24) is 20.1 Å². The summed E-state index contributed by atoms with van der Waals surface area (Å²) in [7, 11) is 0. The number of aromatic nitrogens is 3. The minimum Gasteiger partial charge on any atom is -0.379 e. The van der Waals surface area contributed by atoms with Crippen molar-refractivity contribution in [1.29, 1.82) is 0 Å². The number of amides is 1. The second kappa shape index (κ2) is 12.7. The van der Waals surface area contributed by atoms with E-state index in [4.69, 9.17) is 4.74 Å². The van der Waals surface area contributed by atoms with Crippen molar-refractivity contribution >= 4 is 46.4 Å². The Kier molecular flexibility index (Phi) is 8.83. The van der Waals surface area contributed by atoms with Gasteiger partial charge in [0.05, 0.1) is 35.7 Å². The number of H-pyrrole nitrogens is 1. The van der Waals surface area contributed by atoms with Crippen LogP contribution in [0.1, 0.15) is 28.9 Å². The molecule has 2 aromatic heterocycles. The molecule has 3 heterocycles. The van der Waals surface area contributed by atoms with Crippen LogP contribution in [0.4, 0.5) is 18.9 Å². The van der Waals surface area contributed by atoms with Crippen molar-refractivity contribution in [3.8, 4) is 0 Å². The van der Waals surface area contributed by atoms with Crippen molar-refractivity contribution in [2.45, 2.75) is 24.0 Å². The highest BCUT2D eigenvalue weighted by Gasteiger charge is 2.34. The maximum Gasteiger partial charge on any atom is 0.416 e. The lowest BCUT2D eigenvalue weighted by Gasteiger charge is -2.27. The molecule has 208 valence electrons. The van der Waals surface area contributed by atoms with Crippen LogP contribution >= 0.6 is 11.8 Å². The second-order valence-electron chi connectivity index (χ2n) is 9.31. The number of anilines is 1. The first-order valence-corrected chi connectivity index (χ1v) is 13.8. The largest absolute Gasteiger partial charge is 0.416 e. The smallest absolute Gasteiger partial charge is 0.379 e. The third-order valence-corrected chi connectivity index (χ3v) is 7.45. The molecule has 0 unspecified atom stereocenters. The van der Waals surface area contributed by atoms with Crippen molar-refractivity contribution in [2.24, 2.45) is 0 Å². The normalized spacial score (nSPS) is 14.7. The fourth-order valence-corrected chi connectivity index (χ4v) is 5.31. The van der Waals surface area contributed by atoms with Crippen LogP contribution in [-0.4, -0.2) is 58.0 Å². The van der Waals surface area contributed by atoms with Crippen LogP contribution in [0.2, 0.25) is 0 Å². The van der Waals surface area contributed by atoms with E-state index in [9.17, 15) is 18.0 Å². The highest BCUT2D eigenvalue weighted by molar-refractivity contribution is 7.99. The monoisotopic (exact) mass is 567 g/mol. The summed E-state index contributed by atoms with van der Waals surface area (Å²) in [5.41, 5.74) is 2.10. The molecule has 0 bridgehead atoms. The lowest BCUT2D eigenvalue weighted by molar-refractivity contribution is -0.138. The number of nitrogens with zero attached hydrogens (tertiary/aromatic N) is 3. The Morgan fingerprint density at radius 3 is 2.73 bits per heavy atom. The highest BCUT2D eigenvalue weighted by atomic mass is 32.2. The SMILES string of the molecule is O=C(CCSc1ccc2c(C=Cc3ccccn3)n[nH]c2c1)Nc1ccc(CN2CCOCC2)c(C(F)(F)F)c1. The Hall–Kier alpha value is -3.67. The molecule has 11 heteroatoms. The maximum absolute atomic E-state index is 13.8. The number of morpholine rings is 1. The van der Waals surface area contributed by atoms with Gasteiger partial charge in [0.25, 0.3) is 0 Å². The first kappa shape index (κ1) is 27.9. The van der Waals surface area contributed by atoms with Gasteiger partial charge in [-0.2, -0.15) is 18.3 Å². The molecule has 1 amide bonds. The number of pyridine rings is 1. The Labute approximate surface area is 233 Å². The molecule has 1 fully saturated rings. The number of carbonyl (C=O) groups is 1. The van der Waals surface area contributed by atoms with Crippen LogP contribution < -0.4 is 5.32 Å². The van der Waals surface area contributed by atoms with Crippen LogP contribution in [0.3, 0.4) is 0 Å². The fourth-order valence-electron chi connectivity index (χ4n) is 4.42. The number of halogens is 3. The summed E-state index contributed by atoms with van der Waals surface area (Å²) < 4.78 is 46.6. The molecule has 1 aliphatic rings. The average molecular weight is 568 g/mol. The molecule has 0 radical (unpaired) electrons. The lowest BCUT2D eigenvalue weighted by atomic mass is 10.0. The highest BCUT2D eigenvalue weighted by Crippen LogP contribution is 2.35. The number of alkyl halides is 3. The lowest BCUT2D eigenvalue weighted by Crippen LogP contribution is -2.36. The summed E-state index contributed by atoms with van der Waals surface area (Å²) in [6.45, 7) is 2.38. The summed E-state index contributed by atoms with van der Waals surface area (Å²) in [5, 5.41) is 11.0. The van der Waals surface area contributed by atoms with E-state index in [0.29, 0.717) is 32.1 Å². The van der Waals surface area contributed by atoms with Gasteiger partial charge < -0.3 is 10.1 Å². The van der Waals surface area contributed by atoms with Crippen LogP contribution in [0.25, 0.3) is 23.1 Å². The zero-order chi connectivity index (χ0) is 28.0. The summed E-state index contributed by atoms with van der Waals surface area (Å²) in [6, 6.07) is 15.6. The predicted octanol–water partition coefficient (Wildman–Crippen LogP) is 6.10. The van der Waals surface area contributed by atoms with Gasteiger partial charge in [-0.25, -0.2) is 0 Å². The Balaban J connectivity index is 1.16. The number of fused-ring (bicyclic) bond motifs is 1. The number of hydrogen-bond donors (Lipinski definition) is 2. The molecule has 0 spiro atoms. The van der Waals surface area contributed by atoms with E-state index in [0.717, 1.165) is 33.3 Å². The van der Waals surface area contributed by atoms with Gasteiger partial charge in [-0.1, -0.05) is 12.1 Å². The van der Waals surface area contributed by atoms with Gasteiger partial charge in [0.1, 0.15) is 0 Å². The quantitative estimate of drug-likeness (QED) is 0.238. The molecule has 4 aromatic rings.